The summed E-state index contributed by atoms with van der Waals surface area (Å²) in [7, 11) is 2.88. The molecule has 218 valence electrons. The molecule has 11 heteroatoms. The summed E-state index contributed by atoms with van der Waals surface area (Å²) in [5, 5.41) is 8.90. The molecule has 0 aliphatic carbocycles. The number of nitriles is 1. The van der Waals surface area contributed by atoms with Gasteiger partial charge in [-0.15, -0.1) is 0 Å². The number of halogens is 3. The second kappa shape index (κ2) is 12.8. The van der Waals surface area contributed by atoms with Crippen LogP contribution >= 0.6 is 0 Å². The van der Waals surface area contributed by atoms with Crippen molar-refractivity contribution in [3.8, 4) is 23.2 Å². The second-order valence-corrected chi connectivity index (χ2v) is 9.54. The van der Waals surface area contributed by atoms with E-state index in [0.717, 1.165) is 12.1 Å². The molecule has 5 rings (SSSR count). The summed E-state index contributed by atoms with van der Waals surface area (Å²) >= 11 is 0. The molecule has 0 amide bonds. The minimum atomic E-state index is -0.764. The highest BCUT2D eigenvalue weighted by molar-refractivity contribution is 5.93. The summed E-state index contributed by atoms with van der Waals surface area (Å²) in [6, 6.07) is 17.8. The zero-order valence-corrected chi connectivity index (χ0v) is 23.2. The number of methoxy groups -OCH3 is 2. The average molecular weight is 587 g/mol. The Morgan fingerprint density at radius 1 is 0.907 bits per heavy atom. The predicted octanol–water partition coefficient (Wildman–Crippen LogP) is 5.99. The lowest BCUT2D eigenvalue weighted by Gasteiger charge is -2.11. The van der Waals surface area contributed by atoms with Gasteiger partial charge in [-0.05, 0) is 54.1 Å². The fourth-order valence-corrected chi connectivity index (χ4v) is 4.57. The molecule has 0 saturated heterocycles. The Balaban J connectivity index is 1.39. The van der Waals surface area contributed by atoms with Crippen molar-refractivity contribution < 1.29 is 32.2 Å². The molecular formula is C32H25F3N4O4. The van der Waals surface area contributed by atoms with E-state index in [2.05, 4.69) is 9.97 Å². The molecule has 0 aliphatic rings. The van der Waals surface area contributed by atoms with Crippen molar-refractivity contribution in [2.75, 3.05) is 20.8 Å². The molecule has 43 heavy (non-hydrogen) atoms. The number of fused-ring (bicyclic) bond motifs is 1. The van der Waals surface area contributed by atoms with E-state index in [1.54, 1.807) is 37.4 Å². The number of aromatic nitrogens is 3. The van der Waals surface area contributed by atoms with Crippen LogP contribution in [0.1, 0.15) is 32.9 Å². The fourth-order valence-electron chi connectivity index (χ4n) is 4.57. The van der Waals surface area contributed by atoms with Gasteiger partial charge in [0.1, 0.15) is 24.1 Å². The topological polar surface area (TPSA) is 99.3 Å². The minimum Gasteiger partial charge on any atom is -0.471 e. The number of carbonyl (C=O) groups is 1. The fraction of sp³-hybridized carbons (Fsp3) is 0.188. The van der Waals surface area contributed by atoms with Crippen molar-refractivity contribution in [2.45, 2.75) is 19.6 Å². The molecule has 0 saturated carbocycles. The van der Waals surface area contributed by atoms with Gasteiger partial charge in [0.25, 0.3) is 5.88 Å². The number of rotatable bonds is 10. The summed E-state index contributed by atoms with van der Waals surface area (Å²) < 4.78 is 61.5. The smallest absolute Gasteiger partial charge is 0.337 e. The van der Waals surface area contributed by atoms with Crippen LogP contribution in [0.4, 0.5) is 13.2 Å². The highest BCUT2D eigenvalue weighted by atomic mass is 19.1. The number of hydrogen-bond donors (Lipinski definition) is 0. The lowest BCUT2D eigenvalue weighted by molar-refractivity contribution is 0.0601. The first kappa shape index (κ1) is 29.3. The summed E-state index contributed by atoms with van der Waals surface area (Å²) in [4.78, 5) is 20.9. The maximum atomic E-state index is 15.4. The predicted molar refractivity (Wildman–Crippen MR) is 151 cm³/mol. The molecule has 0 aliphatic heterocycles. The van der Waals surface area contributed by atoms with Gasteiger partial charge in [-0.3, -0.25) is 0 Å². The van der Waals surface area contributed by atoms with Crippen LogP contribution in [0.15, 0.2) is 66.7 Å². The van der Waals surface area contributed by atoms with E-state index >= 15 is 4.39 Å². The first-order chi connectivity index (χ1) is 20.8. The van der Waals surface area contributed by atoms with Gasteiger partial charge in [-0.2, -0.15) is 5.26 Å². The highest BCUT2D eigenvalue weighted by Gasteiger charge is 2.17. The third-order valence-electron chi connectivity index (χ3n) is 6.83. The number of carbonyl (C=O) groups excluding carboxylic acids is 1. The Morgan fingerprint density at radius 3 is 2.42 bits per heavy atom. The quantitative estimate of drug-likeness (QED) is 0.185. The van der Waals surface area contributed by atoms with E-state index in [1.165, 1.54) is 31.4 Å². The number of pyridine rings is 1. The minimum absolute atomic E-state index is 0.124. The number of hydrogen-bond acceptors (Lipinski definition) is 7. The average Bonchev–Trinajstić information content (AvgIpc) is 3.36. The van der Waals surface area contributed by atoms with Gasteiger partial charge in [0.05, 0.1) is 47.6 Å². The third kappa shape index (κ3) is 6.34. The van der Waals surface area contributed by atoms with Crippen LogP contribution < -0.4 is 4.74 Å². The van der Waals surface area contributed by atoms with Crippen LogP contribution in [-0.4, -0.2) is 41.3 Å². The van der Waals surface area contributed by atoms with E-state index in [0.29, 0.717) is 46.7 Å². The van der Waals surface area contributed by atoms with Crippen LogP contribution in [-0.2, 0) is 29.0 Å². The molecule has 5 aromatic rings. The molecular weight excluding hydrogens is 561 g/mol. The van der Waals surface area contributed by atoms with Gasteiger partial charge in [0.2, 0.25) is 0 Å². The number of benzene rings is 3. The molecule has 0 atom stereocenters. The van der Waals surface area contributed by atoms with Crippen molar-refractivity contribution >= 4 is 17.0 Å². The van der Waals surface area contributed by atoms with Crippen molar-refractivity contribution in [3.05, 3.63) is 112 Å². The molecule has 0 fully saturated rings. The Morgan fingerprint density at radius 2 is 1.70 bits per heavy atom. The Bertz CT molecular complexity index is 1870. The van der Waals surface area contributed by atoms with E-state index in [-0.39, 0.29) is 35.7 Å². The third-order valence-corrected chi connectivity index (χ3v) is 6.83. The van der Waals surface area contributed by atoms with Crippen LogP contribution in [0.25, 0.3) is 22.3 Å². The van der Waals surface area contributed by atoms with E-state index in [9.17, 15) is 13.6 Å². The van der Waals surface area contributed by atoms with Gasteiger partial charge < -0.3 is 18.8 Å². The van der Waals surface area contributed by atoms with E-state index in [4.69, 9.17) is 19.5 Å². The second-order valence-electron chi connectivity index (χ2n) is 9.54. The van der Waals surface area contributed by atoms with Crippen LogP contribution in [0.5, 0.6) is 5.88 Å². The molecule has 0 radical (unpaired) electrons. The standard InChI is InChI=1S/C32H25F3N4O4/c1-41-12-11-39-29-15-22(32(40)42-2)7-9-28(29)37-30(39)16-20-5-6-21(14-26(20)35)27-10-8-24(33)31(38-27)43-18-23-4-3-19(17-36)13-25(23)34/h3-10,13-15H,11-12,16,18H2,1-2H3. The zero-order chi connectivity index (χ0) is 30.5. The van der Waals surface area contributed by atoms with Crippen molar-refractivity contribution in [2.24, 2.45) is 0 Å². The maximum Gasteiger partial charge on any atom is 0.337 e. The molecule has 2 aromatic heterocycles. The van der Waals surface area contributed by atoms with Gasteiger partial charge in [0, 0.05) is 31.2 Å². The first-order valence-corrected chi connectivity index (χ1v) is 13.1. The Hall–Kier alpha value is -5.21. The lowest BCUT2D eigenvalue weighted by Crippen LogP contribution is -2.10. The monoisotopic (exact) mass is 586 g/mol. The van der Waals surface area contributed by atoms with Gasteiger partial charge >= 0.3 is 5.97 Å². The van der Waals surface area contributed by atoms with Crippen molar-refractivity contribution in [3.63, 3.8) is 0 Å². The number of nitrogens with zero attached hydrogens (tertiary/aromatic N) is 4. The van der Waals surface area contributed by atoms with Gasteiger partial charge in [-0.25, -0.2) is 27.9 Å². The largest absolute Gasteiger partial charge is 0.471 e. The molecule has 0 N–H and O–H groups in total. The molecule has 2 heterocycles. The van der Waals surface area contributed by atoms with Crippen LogP contribution in [0.3, 0.4) is 0 Å². The Kier molecular flexibility index (Phi) is 8.69. The van der Waals surface area contributed by atoms with E-state index < -0.39 is 23.4 Å². The molecule has 0 unspecified atom stereocenters. The summed E-state index contributed by atoms with van der Waals surface area (Å²) in [6.07, 6.45) is 0.152. The summed E-state index contributed by atoms with van der Waals surface area (Å²) in [6.45, 7) is 0.492. The number of ether oxygens (including phenoxy) is 3. The van der Waals surface area contributed by atoms with E-state index in [1.807, 2.05) is 10.6 Å². The zero-order valence-electron chi connectivity index (χ0n) is 23.2. The molecule has 3 aromatic carbocycles. The molecule has 0 spiro atoms. The molecule has 8 nitrogen and oxygen atoms in total. The highest BCUT2D eigenvalue weighted by Crippen LogP contribution is 2.27. The van der Waals surface area contributed by atoms with Crippen molar-refractivity contribution in [1.82, 2.24) is 14.5 Å². The van der Waals surface area contributed by atoms with Gasteiger partial charge in [-0.1, -0.05) is 18.2 Å². The van der Waals surface area contributed by atoms with Gasteiger partial charge in [0.15, 0.2) is 5.82 Å². The summed E-state index contributed by atoms with van der Waals surface area (Å²) in [5.41, 5.74) is 2.97. The van der Waals surface area contributed by atoms with Crippen molar-refractivity contribution in [1.29, 1.82) is 5.26 Å². The maximum absolute atomic E-state index is 15.4. The first-order valence-electron chi connectivity index (χ1n) is 13.1. The molecule has 0 bridgehead atoms. The van der Waals surface area contributed by atoms with Crippen LogP contribution in [0, 0.1) is 28.8 Å². The number of imidazole rings is 1. The van der Waals surface area contributed by atoms with Crippen LogP contribution in [0.2, 0.25) is 0 Å². The number of esters is 1. The SMILES string of the molecule is COCCn1c(Cc2ccc(-c3ccc(F)c(OCc4ccc(C#N)cc4F)n3)cc2F)nc2ccc(C(=O)OC)cc21. The normalized spacial score (nSPS) is 11.0. The summed E-state index contributed by atoms with van der Waals surface area (Å²) in [5.74, 6) is -2.22. The Labute approximate surface area is 244 Å². The lowest BCUT2D eigenvalue weighted by atomic mass is 10.1.